The number of hydrogen-bond acceptors (Lipinski definition) is 3. The van der Waals surface area contributed by atoms with Gasteiger partial charge in [0.1, 0.15) is 0 Å². The minimum atomic E-state index is -0.126. The van der Waals surface area contributed by atoms with Crippen LogP contribution in [0.2, 0.25) is 0 Å². The first kappa shape index (κ1) is 12.2. The normalized spacial score (nSPS) is 28.8. The lowest BCUT2D eigenvalue weighted by Gasteiger charge is -2.43. The molecular weight excluding hydrogens is 226 g/mol. The molecule has 1 aromatic carbocycles. The van der Waals surface area contributed by atoms with Crippen molar-refractivity contribution >= 4 is 0 Å². The fourth-order valence-corrected chi connectivity index (χ4v) is 3.15. The average molecular weight is 247 g/mol. The van der Waals surface area contributed by atoms with Crippen LogP contribution in [0.5, 0.6) is 0 Å². The fourth-order valence-electron chi connectivity index (χ4n) is 3.15. The summed E-state index contributed by atoms with van der Waals surface area (Å²) in [7, 11) is 0. The predicted octanol–water partition coefficient (Wildman–Crippen LogP) is 3.15. The largest absolute Gasteiger partial charge is 0.351 e. The number of benzene rings is 1. The van der Waals surface area contributed by atoms with E-state index >= 15 is 0 Å². The van der Waals surface area contributed by atoms with Gasteiger partial charge in [-0.15, -0.1) is 0 Å². The monoisotopic (exact) mass is 247 g/mol. The highest BCUT2D eigenvalue weighted by molar-refractivity contribution is 5.42. The van der Waals surface area contributed by atoms with Crippen LogP contribution in [0, 0.1) is 0 Å². The van der Waals surface area contributed by atoms with E-state index in [2.05, 4.69) is 57.0 Å². The van der Waals surface area contributed by atoms with Gasteiger partial charge in [0.05, 0.1) is 17.7 Å². The van der Waals surface area contributed by atoms with E-state index in [0.717, 1.165) is 13.0 Å². The molecule has 2 aliphatic heterocycles. The van der Waals surface area contributed by atoms with Gasteiger partial charge in [-0.2, -0.15) is 5.06 Å². The van der Waals surface area contributed by atoms with Crippen molar-refractivity contribution in [1.82, 2.24) is 5.06 Å². The van der Waals surface area contributed by atoms with Crippen LogP contribution >= 0.6 is 0 Å². The first-order valence-corrected chi connectivity index (χ1v) is 6.63. The first-order chi connectivity index (χ1) is 8.44. The molecule has 0 N–H and O–H groups in total. The molecular formula is C15H21NO2. The van der Waals surface area contributed by atoms with Gasteiger partial charge in [-0.25, -0.2) is 0 Å². The van der Waals surface area contributed by atoms with Crippen molar-refractivity contribution in [3.8, 4) is 0 Å². The van der Waals surface area contributed by atoms with E-state index in [4.69, 9.17) is 9.57 Å². The molecule has 0 bridgehead atoms. The number of rotatable bonds is 2. The maximum atomic E-state index is 6.07. The molecule has 3 rings (SSSR count). The molecule has 0 aromatic heterocycles. The van der Waals surface area contributed by atoms with Crippen molar-refractivity contribution in [2.75, 3.05) is 6.61 Å². The Hall–Kier alpha value is -0.900. The Kier molecular flexibility index (Phi) is 2.56. The van der Waals surface area contributed by atoms with E-state index in [1.165, 1.54) is 11.1 Å². The summed E-state index contributed by atoms with van der Waals surface area (Å²) in [5.74, 6) is 0. The van der Waals surface area contributed by atoms with E-state index < -0.39 is 0 Å². The fraction of sp³-hybridized carbons (Fsp3) is 0.600. The van der Waals surface area contributed by atoms with E-state index in [0.29, 0.717) is 0 Å². The van der Waals surface area contributed by atoms with E-state index in [1.54, 1.807) is 0 Å². The van der Waals surface area contributed by atoms with Gasteiger partial charge in [0.2, 0.25) is 0 Å². The van der Waals surface area contributed by atoms with Gasteiger partial charge in [0, 0.05) is 6.42 Å². The number of ether oxygens (including phenoxy) is 1. The van der Waals surface area contributed by atoms with Gasteiger partial charge in [-0.05, 0) is 38.8 Å². The SMILES string of the molecule is CC1(C)c2ccccc2C(C)(C)N1OC1CCO1. The maximum Gasteiger partial charge on any atom is 0.179 e. The molecule has 1 fully saturated rings. The second kappa shape index (κ2) is 3.80. The molecule has 0 radical (unpaired) electrons. The van der Waals surface area contributed by atoms with Crippen molar-refractivity contribution in [2.45, 2.75) is 51.5 Å². The van der Waals surface area contributed by atoms with Crippen LogP contribution in [0.4, 0.5) is 0 Å². The van der Waals surface area contributed by atoms with Crippen molar-refractivity contribution in [2.24, 2.45) is 0 Å². The number of hydrogen-bond donors (Lipinski definition) is 0. The topological polar surface area (TPSA) is 21.7 Å². The van der Waals surface area contributed by atoms with Crippen LogP contribution in [0.3, 0.4) is 0 Å². The molecule has 3 nitrogen and oxygen atoms in total. The summed E-state index contributed by atoms with van der Waals surface area (Å²) in [6.45, 7) is 9.64. The molecule has 1 unspecified atom stereocenters. The van der Waals surface area contributed by atoms with Crippen LogP contribution in [0.1, 0.15) is 45.2 Å². The molecule has 0 aliphatic carbocycles. The Morgan fingerprint density at radius 3 is 2.00 bits per heavy atom. The lowest BCUT2D eigenvalue weighted by atomic mass is 9.91. The highest BCUT2D eigenvalue weighted by Crippen LogP contribution is 2.49. The minimum Gasteiger partial charge on any atom is -0.351 e. The Morgan fingerprint density at radius 1 is 1.11 bits per heavy atom. The van der Waals surface area contributed by atoms with E-state index in [1.807, 2.05) is 0 Å². The quantitative estimate of drug-likeness (QED) is 0.801. The molecule has 1 atom stereocenters. The van der Waals surface area contributed by atoms with Gasteiger partial charge < -0.3 is 4.74 Å². The summed E-state index contributed by atoms with van der Waals surface area (Å²) >= 11 is 0. The van der Waals surface area contributed by atoms with Gasteiger partial charge in [0.25, 0.3) is 0 Å². The van der Waals surface area contributed by atoms with E-state index in [9.17, 15) is 0 Å². The molecule has 2 heterocycles. The lowest BCUT2D eigenvalue weighted by molar-refractivity contribution is -0.371. The highest BCUT2D eigenvalue weighted by Gasteiger charge is 2.51. The Balaban J connectivity index is 2.00. The van der Waals surface area contributed by atoms with Crippen LogP contribution in [-0.2, 0) is 20.7 Å². The number of nitrogens with zero attached hydrogens (tertiary/aromatic N) is 1. The molecule has 2 aliphatic rings. The molecule has 0 amide bonds. The van der Waals surface area contributed by atoms with Gasteiger partial charge in [-0.3, -0.25) is 4.84 Å². The summed E-state index contributed by atoms with van der Waals surface area (Å²) < 4.78 is 5.41. The smallest absolute Gasteiger partial charge is 0.179 e. The Labute approximate surface area is 109 Å². The number of hydroxylamine groups is 2. The zero-order valence-corrected chi connectivity index (χ0v) is 11.6. The zero-order valence-electron chi connectivity index (χ0n) is 11.6. The van der Waals surface area contributed by atoms with Gasteiger partial charge in [0.15, 0.2) is 6.29 Å². The highest BCUT2D eigenvalue weighted by atomic mass is 16.8. The van der Waals surface area contributed by atoms with Crippen LogP contribution < -0.4 is 0 Å². The Bertz CT molecular complexity index is 428. The predicted molar refractivity (Wildman–Crippen MR) is 69.8 cm³/mol. The van der Waals surface area contributed by atoms with Crippen LogP contribution in [0.25, 0.3) is 0 Å². The third-order valence-corrected chi connectivity index (χ3v) is 4.14. The second-order valence-electron chi connectivity index (χ2n) is 6.15. The lowest BCUT2D eigenvalue weighted by Crippen LogP contribution is -2.49. The zero-order chi connectivity index (χ0) is 13.0. The van der Waals surface area contributed by atoms with Crippen molar-refractivity contribution in [1.29, 1.82) is 0 Å². The van der Waals surface area contributed by atoms with Crippen molar-refractivity contribution in [3.63, 3.8) is 0 Å². The minimum absolute atomic E-state index is 0.0714. The number of fused-ring (bicyclic) bond motifs is 1. The van der Waals surface area contributed by atoms with Crippen molar-refractivity contribution in [3.05, 3.63) is 35.4 Å². The summed E-state index contributed by atoms with van der Waals surface area (Å²) in [5.41, 5.74) is 2.43. The third-order valence-electron chi connectivity index (χ3n) is 4.14. The van der Waals surface area contributed by atoms with Gasteiger partial charge in [-0.1, -0.05) is 24.3 Å². The maximum absolute atomic E-state index is 6.07. The van der Waals surface area contributed by atoms with Crippen LogP contribution in [-0.4, -0.2) is 18.0 Å². The summed E-state index contributed by atoms with van der Waals surface area (Å²) in [6, 6.07) is 8.59. The molecule has 3 heteroatoms. The van der Waals surface area contributed by atoms with Crippen molar-refractivity contribution < 1.29 is 9.57 Å². The summed E-state index contributed by atoms with van der Waals surface area (Å²) in [5, 5.41) is 2.11. The average Bonchev–Trinajstić information content (AvgIpc) is 2.40. The molecule has 0 saturated carbocycles. The third kappa shape index (κ3) is 1.54. The molecule has 98 valence electrons. The standard InChI is InChI=1S/C15H21NO2/c1-14(2)11-7-5-6-8-12(11)15(3,4)16(14)18-13-9-10-17-13/h5-8,13H,9-10H2,1-4H3. The summed E-state index contributed by atoms with van der Waals surface area (Å²) in [4.78, 5) is 6.07. The molecule has 1 aromatic rings. The second-order valence-corrected chi connectivity index (χ2v) is 6.15. The van der Waals surface area contributed by atoms with Crippen LogP contribution in [0.15, 0.2) is 24.3 Å². The summed E-state index contributed by atoms with van der Waals surface area (Å²) in [6.07, 6.45) is 0.914. The van der Waals surface area contributed by atoms with E-state index in [-0.39, 0.29) is 17.4 Å². The molecule has 0 spiro atoms. The first-order valence-electron chi connectivity index (χ1n) is 6.63. The molecule has 18 heavy (non-hydrogen) atoms. The molecule has 1 saturated heterocycles. The Morgan fingerprint density at radius 2 is 1.61 bits per heavy atom. The van der Waals surface area contributed by atoms with Gasteiger partial charge >= 0.3 is 0 Å².